The molecule has 5 heteroatoms. The molecular formula is C20H20N2O3. The molecule has 2 aromatic rings. The summed E-state index contributed by atoms with van der Waals surface area (Å²) in [5.41, 5.74) is 3.23. The van der Waals surface area contributed by atoms with E-state index in [2.05, 4.69) is 27.9 Å². The zero-order chi connectivity index (χ0) is 17.6. The predicted molar refractivity (Wildman–Crippen MR) is 95.1 cm³/mol. The molecule has 5 nitrogen and oxygen atoms in total. The smallest absolute Gasteiger partial charge is 0.339 e. The monoisotopic (exact) mass is 336 g/mol. The van der Waals surface area contributed by atoms with Gasteiger partial charge in [-0.1, -0.05) is 42.0 Å². The van der Waals surface area contributed by atoms with Gasteiger partial charge in [-0.3, -0.25) is 9.78 Å². The molecule has 0 atom stereocenters. The standard InChI is InChI=1S/C20H20N2O3/c1-25-20(24)18-12-17(13-21-14-18)19(23)22-9-7-16(8-10-22)11-15-5-3-2-4-6-15/h2-6,11-14H,7-10H2,1H3. The average Bonchev–Trinajstić information content (AvgIpc) is 2.68. The minimum atomic E-state index is -0.492. The Balaban J connectivity index is 1.66. The third-order valence-electron chi connectivity index (χ3n) is 4.27. The van der Waals surface area contributed by atoms with Crippen molar-refractivity contribution in [1.29, 1.82) is 0 Å². The Morgan fingerprint density at radius 1 is 1.08 bits per heavy atom. The van der Waals surface area contributed by atoms with Crippen molar-refractivity contribution in [3.63, 3.8) is 0 Å². The van der Waals surface area contributed by atoms with Crippen LogP contribution in [0, 0.1) is 0 Å². The number of piperidine rings is 1. The molecule has 128 valence electrons. The Morgan fingerprint density at radius 3 is 2.44 bits per heavy atom. The highest BCUT2D eigenvalue weighted by Gasteiger charge is 2.21. The molecule has 0 spiro atoms. The number of carbonyl (C=O) groups excluding carboxylic acids is 2. The van der Waals surface area contributed by atoms with Crippen LogP contribution in [0.3, 0.4) is 0 Å². The predicted octanol–water partition coefficient (Wildman–Crippen LogP) is 3.19. The van der Waals surface area contributed by atoms with Crippen molar-refractivity contribution in [2.24, 2.45) is 0 Å². The fourth-order valence-corrected chi connectivity index (χ4v) is 2.90. The molecule has 2 heterocycles. The molecule has 1 aliphatic heterocycles. The molecule has 1 aromatic heterocycles. The second-order valence-electron chi connectivity index (χ2n) is 5.96. The number of nitrogens with zero attached hydrogens (tertiary/aromatic N) is 2. The molecule has 0 bridgehead atoms. The van der Waals surface area contributed by atoms with E-state index in [1.807, 2.05) is 18.2 Å². The molecule has 0 unspecified atom stereocenters. The largest absolute Gasteiger partial charge is 0.465 e. The summed E-state index contributed by atoms with van der Waals surface area (Å²) in [6.07, 6.45) is 6.79. The van der Waals surface area contributed by atoms with Gasteiger partial charge in [0, 0.05) is 25.5 Å². The fraction of sp³-hybridized carbons (Fsp3) is 0.250. The number of amides is 1. The van der Waals surface area contributed by atoms with Crippen molar-refractivity contribution in [3.8, 4) is 0 Å². The third-order valence-corrected chi connectivity index (χ3v) is 4.27. The average molecular weight is 336 g/mol. The molecular weight excluding hydrogens is 316 g/mol. The SMILES string of the molecule is COC(=O)c1cncc(C(=O)N2CCC(=Cc3ccccc3)CC2)c1. The van der Waals surface area contributed by atoms with Gasteiger partial charge in [0.1, 0.15) is 0 Å². The lowest BCUT2D eigenvalue weighted by atomic mass is 10.0. The summed E-state index contributed by atoms with van der Waals surface area (Å²) < 4.78 is 4.68. The van der Waals surface area contributed by atoms with Gasteiger partial charge in [-0.2, -0.15) is 0 Å². The lowest BCUT2D eigenvalue weighted by molar-refractivity contribution is 0.0600. The van der Waals surface area contributed by atoms with E-state index in [9.17, 15) is 9.59 Å². The molecule has 0 N–H and O–H groups in total. The summed E-state index contributed by atoms with van der Waals surface area (Å²) in [5.74, 6) is -0.592. The van der Waals surface area contributed by atoms with E-state index in [1.165, 1.54) is 36.7 Å². The Labute approximate surface area is 146 Å². The van der Waals surface area contributed by atoms with E-state index in [1.54, 1.807) is 4.90 Å². The summed E-state index contributed by atoms with van der Waals surface area (Å²) >= 11 is 0. The molecule has 3 rings (SSSR count). The topological polar surface area (TPSA) is 59.5 Å². The van der Waals surface area contributed by atoms with Gasteiger partial charge in [-0.25, -0.2) is 4.79 Å². The van der Waals surface area contributed by atoms with Crippen molar-refractivity contribution in [3.05, 3.63) is 71.1 Å². The maximum absolute atomic E-state index is 12.6. The molecule has 1 aromatic carbocycles. The van der Waals surface area contributed by atoms with Gasteiger partial charge in [0.15, 0.2) is 0 Å². The van der Waals surface area contributed by atoms with Gasteiger partial charge in [-0.05, 0) is 24.5 Å². The van der Waals surface area contributed by atoms with Crippen LogP contribution in [-0.4, -0.2) is 42.0 Å². The molecule has 0 aliphatic carbocycles. The highest BCUT2D eigenvalue weighted by Crippen LogP contribution is 2.21. The number of methoxy groups -OCH3 is 1. The number of carbonyl (C=O) groups is 2. The van der Waals surface area contributed by atoms with Crippen LogP contribution in [0.2, 0.25) is 0 Å². The van der Waals surface area contributed by atoms with Crippen LogP contribution in [0.4, 0.5) is 0 Å². The number of ether oxygens (including phenoxy) is 1. The van der Waals surface area contributed by atoms with E-state index in [0.717, 1.165) is 12.8 Å². The first-order valence-corrected chi connectivity index (χ1v) is 8.24. The van der Waals surface area contributed by atoms with Gasteiger partial charge in [-0.15, -0.1) is 0 Å². The Hall–Kier alpha value is -2.95. The molecule has 1 aliphatic rings. The lowest BCUT2D eigenvalue weighted by Crippen LogP contribution is -2.36. The Kier molecular flexibility index (Phi) is 5.23. The van der Waals surface area contributed by atoms with Crippen LogP contribution in [0.15, 0.2) is 54.4 Å². The first-order valence-electron chi connectivity index (χ1n) is 8.24. The summed E-state index contributed by atoms with van der Waals surface area (Å²) in [7, 11) is 1.31. The maximum Gasteiger partial charge on any atom is 0.339 e. The number of likely N-dealkylation sites (tertiary alicyclic amines) is 1. The zero-order valence-electron chi connectivity index (χ0n) is 14.1. The molecule has 1 fully saturated rings. The minimum absolute atomic E-state index is 0.1000. The van der Waals surface area contributed by atoms with E-state index >= 15 is 0 Å². The summed E-state index contributed by atoms with van der Waals surface area (Å²) in [4.78, 5) is 30.0. The first-order chi connectivity index (χ1) is 12.2. The highest BCUT2D eigenvalue weighted by molar-refractivity contribution is 5.97. The van der Waals surface area contributed by atoms with Crippen LogP contribution in [-0.2, 0) is 4.74 Å². The molecule has 25 heavy (non-hydrogen) atoms. The van der Waals surface area contributed by atoms with Gasteiger partial charge in [0.25, 0.3) is 5.91 Å². The zero-order valence-corrected chi connectivity index (χ0v) is 14.1. The number of rotatable bonds is 3. The first kappa shape index (κ1) is 16.9. The number of hydrogen-bond acceptors (Lipinski definition) is 4. The van der Waals surface area contributed by atoms with Crippen molar-refractivity contribution in [2.45, 2.75) is 12.8 Å². The third kappa shape index (κ3) is 4.12. The van der Waals surface area contributed by atoms with Gasteiger partial charge >= 0.3 is 5.97 Å². The van der Waals surface area contributed by atoms with Crippen LogP contribution >= 0.6 is 0 Å². The van der Waals surface area contributed by atoms with Gasteiger partial charge in [0.2, 0.25) is 0 Å². The van der Waals surface area contributed by atoms with E-state index in [4.69, 9.17) is 0 Å². The molecule has 1 saturated heterocycles. The van der Waals surface area contributed by atoms with Crippen LogP contribution in [0.5, 0.6) is 0 Å². The highest BCUT2D eigenvalue weighted by atomic mass is 16.5. The minimum Gasteiger partial charge on any atom is -0.465 e. The number of aromatic nitrogens is 1. The van der Waals surface area contributed by atoms with Crippen molar-refractivity contribution < 1.29 is 14.3 Å². The Morgan fingerprint density at radius 2 is 1.76 bits per heavy atom. The fourth-order valence-electron chi connectivity index (χ4n) is 2.90. The van der Waals surface area contributed by atoms with E-state index in [-0.39, 0.29) is 11.5 Å². The quantitative estimate of drug-likeness (QED) is 0.808. The van der Waals surface area contributed by atoms with Crippen LogP contribution in [0.25, 0.3) is 6.08 Å². The maximum atomic E-state index is 12.6. The molecule has 0 saturated carbocycles. The second-order valence-corrected chi connectivity index (χ2v) is 5.96. The van der Waals surface area contributed by atoms with Crippen LogP contribution in [0.1, 0.15) is 39.1 Å². The number of hydrogen-bond donors (Lipinski definition) is 0. The number of esters is 1. The molecule has 1 amide bonds. The lowest BCUT2D eigenvalue weighted by Gasteiger charge is -2.28. The summed E-state index contributed by atoms with van der Waals surface area (Å²) in [6.45, 7) is 1.33. The number of benzene rings is 1. The Bertz CT molecular complexity index is 790. The normalized spacial score (nSPS) is 14.1. The van der Waals surface area contributed by atoms with Crippen molar-refractivity contribution >= 4 is 18.0 Å². The van der Waals surface area contributed by atoms with E-state index in [0.29, 0.717) is 18.7 Å². The van der Waals surface area contributed by atoms with Crippen molar-refractivity contribution in [1.82, 2.24) is 9.88 Å². The summed E-state index contributed by atoms with van der Waals surface area (Å²) in [5, 5.41) is 0. The van der Waals surface area contributed by atoms with E-state index < -0.39 is 5.97 Å². The van der Waals surface area contributed by atoms with Crippen LogP contribution < -0.4 is 0 Å². The number of pyridine rings is 1. The second kappa shape index (κ2) is 7.75. The summed E-state index contributed by atoms with van der Waals surface area (Å²) in [6, 6.07) is 11.7. The van der Waals surface area contributed by atoms with Gasteiger partial charge in [0.05, 0.1) is 18.2 Å². The van der Waals surface area contributed by atoms with Crippen molar-refractivity contribution in [2.75, 3.05) is 20.2 Å². The molecule has 0 radical (unpaired) electrons. The van der Waals surface area contributed by atoms with Gasteiger partial charge < -0.3 is 9.64 Å².